The van der Waals surface area contributed by atoms with Crippen molar-refractivity contribution in [3.63, 3.8) is 0 Å². The molecule has 1 atom stereocenters. The second-order valence-corrected chi connectivity index (χ2v) is 3.07. The molecule has 1 heterocycles. The molecule has 1 unspecified atom stereocenters. The molecule has 0 amide bonds. The van der Waals surface area contributed by atoms with Gasteiger partial charge in [-0.1, -0.05) is 6.08 Å². The van der Waals surface area contributed by atoms with Crippen molar-refractivity contribution >= 4 is 0 Å². The van der Waals surface area contributed by atoms with E-state index in [1.165, 1.54) is 12.3 Å². The van der Waals surface area contributed by atoms with Crippen molar-refractivity contribution in [2.75, 3.05) is 0 Å². The van der Waals surface area contributed by atoms with Gasteiger partial charge in [0.05, 0.1) is 6.20 Å². The first-order valence-electron chi connectivity index (χ1n) is 3.70. The van der Waals surface area contributed by atoms with Gasteiger partial charge in [0.2, 0.25) is 0 Å². The maximum Gasteiger partial charge on any atom is 0.418 e. The van der Waals surface area contributed by atoms with Gasteiger partial charge in [-0.2, -0.15) is 23.4 Å². The summed E-state index contributed by atoms with van der Waals surface area (Å²) in [7, 11) is 0. The zero-order valence-electron chi connectivity index (χ0n) is 7.26. The third kappa shape index (κ3) is 1.96. The van der Waals surface area contributed by atoms with Crippen molar-refractivity contribution in [2.24, 2.45) is 10.2 Å². The highest BCUT2D eigenvalue weighted by atomic mass is 19.4. The van der Waals surface area contributed by atoms with Crippen molar-refractivity contribution in [3.8, 4) is 0 Å². The molecule has 0 saturated carbocycles. The molecule has 0 bridgehead atoms. The summed E-state index contributed by atoms with van der Waals surface area (Å²) in [4.78, 5) is 0. The van der Waals surface area contributed by atoms with Crippen LogP contribution in [0.2, 0.25) is 0 Å². The van der Waals surface area contributed by atoms with E-state index < -0.39 is 11.7 Å². The predicted molar refractivity (Wildman–Crippen MR) is 42.2 cm³/mol. The Morgan fingerprint density at radius 2 is 2.00 bits per heavy atom. The Balaban J connectivity index is 3.03. The molecule has 5 heteroatoms. The van der Waals surface area contributed by atoms with E-state index in [1.54, 1.807) is 6.92 Å². The number of nitrogens with zero attached hydrogens (tertiary/aromatic N) is 2. The van der Waals surface area contributed by atoms with Crippen LogP contribution in [0.3, 0.4) is 0 Å². The van der Waals surface area contributed by atoms with E-state index in [2.05, 4.69) is 10.2 Å². The van der Waals surface area contributed by atoms with E-state index in [0.29, 0.717) is 5.57 Å². The van der Waals surface area contributed by atoms with Gasteiger partial charge in [-0.15, -0.1) is 0 Å². The molecule has 0 saturated heterocycles. The van der Waals surface area contributed by atoms with Crippen LogP contribution in [0.25, 0.3) is 0 Å². The molecule has 0 aromatic carbocycles. The highest BCUT2D eigenvalue weighted by molar-refractivity contribution is 5.23. The lowest BCUT2D eigenvalue weighted by atomic mass is 10.0. The van der Waals surface area contributed by atoms with Crippen molar-refractivity contribution in [1.82, 2.24) is 0 Å². The van der Waals surface area contributed by atoms with Crippen LogP contribution < -0.4 is 0 Å². The van der Waals surface area contributed by atoms with Gasteiger partial charge in [0.25, 0.3) is 0 Å². The van der Waals surface area contributed by atoms with E-state index in [0.717, 1.165) is 13.0 Å². The van der Waals surface area contributed by atoms with Gasteiger partial charge >= 0.3 is 6.18 Å². The van der Waals surface area contributed by atoms with Crippen LogP contribution in [0.5, 0.6) is 0 Å². The topological polar surface area (TPSA) is 24.7 Å². The zero-order valence-corrected chi connectivity index (χ0v) is 7.26. The molecule has 1 rings (SSSR count). The number of halogens is 3. The summed E-state index contributed by atoms with van der Waals surface area (Å²) in [5.74, 6) is 0. The Hall–Kier alpha value is -1.13. The first-order chi connectivity index (χ1) is 5.85. The Morgan fingerprint density at radius 3 is 2.54 bits per heavy atom. The van der Waals surface area contributed by atoms with Crippen molar-refractivity contribution < 1.29 is 13.2 Å². The maximum atomic E-state index is 12.4. The number of alkyl halides is 3. The van der Waals surface area contributed by atoms with Crippen molar-refractivity contribution in [3.05, 3.63) is 23.9 Å². The van der Waals surface area contributed by atoms with Crippen molar-refractivity contribution in [1.29, 1.82) is 0 Å². The fraction of sp³-hybridized carbons (Fsp3) is 0.500. The van der Waals surface area contributed by atoms with Crippen LogP contribution in [0, 0.1) is 0 Å². The van der Waals surface area contributed by atoms with Gasteiger partial charge in [0.15, 0.2) is 5.54 Å². The minimum absolute atomic E-state index is 0.650. The molecule has 0 spiro atoms. The van der Waals surface area contributed by atoms with Gasteiger partial charge in [0.1, 0.15) is 0 Å². The standard InChI is InChI=1S/C8H9F3N2/c1-6-3-4-7(2,8(9,10)11)13-12-5-6/h3-5H,1-2H3. The van der Waals surface area contributed by atoms with Crippen molar-refractivity contribution in [2.45, 2.75) is 25.6 Å². The second-order valence-electron chi connectivity index (χ2n) is 3.07. The molecule has 0 N–H and O–H groups in total. The van der Waals surface area contributed by atoms with Gasteiger partial charge in [-0.3, -0.25) is 0 Å². The molecule has 0 radical (unpaired) electrons. The largest absolute Gasteiger partial charge is 0.418 e. The zero-order chi connectivity index (χ0) is 10.1. The summed E-state index contributed by atoms with van der Waals surface area (Å²) in [5, 5.41) is 6.57. The SMILES string of the molecule is CC1=CN=NC(C)(C(F)(F)F)C=C1. The Labute approximate surface area is 73.9 Å². The van der Waals surface area contributed by atoms with Crippen LogP contribution in [0.4, 0.5) is 13.2 Å². The van der Waals surface area contributed by atoms with Gasteiger partial charge in [0, 0.05) is 0 Å². The molecule has 2 nitrogen and oxygen atoms in total. The number of rotatable bonds is 0. The van der Waals surface area contributed by atoms with E-state index in [9.17, 15) is 13.2 Å². The first-order valence-corrected chi connectivity index (χ1v) is 3.70. The quantitative estimate of drug-likeness (QED) is 0.560. The predicted octanol–water partition coefficient (Wildman–Crippen LogP) is 3.23. The molecular formula is C8H9F3N2. The van der Waals surface area contributed by atoms with Gasteiger partial charge in [-0.05, 0) is 25.5 Å². The number of allylic oxidation sites excluding steroid dienone is 2. The van der Waals surface area contributed by atoms with Crippen LogP contribution in [-0.2, 0) is 0 Å². The fourth-order valence-electron chi connectivity index (χ4n) is 0.761. The summed E-state index contributed by atoms with van der Waals surface area (Å²) < 4.78 is 37.2. The lowest BCUT2D eigenvalue weighted by molar-refractivity contribution is -0.167. The van der Waals surface area contributed by atoms with E-state index >= 15 is 0 Å². The number of azo groups is 1. The summed E-state index contributed by atoms with van der Waals surface area (Å²) in [6.45, 7) is 2.65. The minimum atomic E-state index is -4.40. The molecular weight excluding hydrogens is 181 g/mol. The molecule has 1 aliphatic heterocycles. The highest BCUT2D eigenvalue weighted by Crippen LogP contribution is 2.36. The summed E-state index contributed by atoms with van der Waals surface area (Å²) in [5.41, 5.74) is -1.54. The lowest BCUT2D eigenvalue weighted by Crippen LogP contribution is -2.37. The minimum Gasteiger partial charge on any atom is -0.169 e. The molecule has 0 aromatic heterocycles. The maximum absolute atomic E-state index is 12.4. The summed E-state index contributed by atoms with van der Waals surface area (Å²) in [6, 6.07) is 0. The third-order valence-corrected chi connectivity index (χ3v) is 1.77. The average Bonchev–Trinajstić information content (AvgIpc) is 2.13. The Bertz CT molecular complexity index is 288. The smallest absolute Gasteiger partial charge is 0.169 e. The normalized spacial score (nSPS) is 28.5. The van der Waals surface area contributed by atoms with E-state index in [1.807, 2.05) is 0 Å². The molecule has 13 heavy (non-hydrogen) atoms. The third-order valence-electron chi connectivity index (χ3n) is 1.77. The van der Waals surface area contributed by atoms with E-state index in [4.69, 9.17) is 0 Å². The summed E-state index contributed by atoms with van der Waals surface area (Å²) in [6.07, 6.45) is -0.720. The average molecular weight is 190 g/mol. The van der Waals surface area contributed by atoms with Gasteiger partial charge < -0.3 is 0 Å². The Kier molecular flexibility index (Phi) is 2.28. The molecule has 0 aliphatic carbocycles. The van der Waals surface area contributed by atoms with Crippen LogP contribution >= 0.6 is 0 Å². The molecule has 0 aromatic rings. The Morgan fingerprint density at radius 1 is 1.38 bits per heavy atom. The molecule has 72 valence electrons. The summed E-state index contributed by atoms with van der Waals surface area (Å²) >= 11 is 0. The van der Waals surface area contributed by atoms with Crippen LogP contribution in [0.1, 0.15) is 13.8 Å². The number of hydrogen-bond acceptors (Lipinski definition) is 2. The molecule has 0 fully saturated rings. The monoisotopic (exact) mass is 190 g/mol. The lowest BCUT2D eigenvalue weighted by Gasteiger charge is -2.22. The first kappa shape index (κ1) is 9.95. The van der Waals surface area contributed by atoms with E-state index in [-0.39, 0.29) is 0 Å². The van der Waals surface area contributed by atoms with Crippen LogP contribution in [-0.4, -0.2) is 11.7 Å². The second kappa shape index (κ2) is 2.97. The van der Waals surface area contributed by atoms with Crippen LogP contribution in [0.15, 0.2) is 34.2 Å². The van der Waals surface area contributed by atoms with Gasteiger partial charge in [-0.25, -0.2) is 0 Å². The fourth-order valence-corrected chi connectivity index (χ4v) is 0.761. The molecule has 1 aliphatic rings. The number of hydrogen-bond donors (Lipinski definition) is 0. The highest BCUT2D eigenvalue weighted by Gasteiger charge is 2.50.